The van der Waals surface area contributed by atoms with Crippen molar-refractivity contribution in [3.8, 4) is 11.8 Å². The molecule has 0 unspecified atom stereocenters. The van der Waals surface area contributed by atoms with Gasteiger partial charge in [-0.3, -0.25) is 0 Å². The molecule has 2 nitrogen and oxygen atoms in total. The lowest BCUT2D eigenvalue weighted by molar-refractivity contribution is -0.107. The van der Waals surface area contributed by atoms with Crippen LogP contribution in [0.2, 0.25) is 5.02 Å². The Hall–Kier alpha value is -1.33. The Kier molecular flexibility index (Phi) is 3.31. The van der Waals surface area contributed by atoms with Crippen molar-refractivity contribution >= 4 is 17.9 Å². The number of carbonyl (C=O) groups excluding carboxylic acids is 1. The highest BCUT2D eigenvalue weighted by Crippen LogP contribution is 2.06. The molecule has 0 radical (unpaired) electrons. The molecule has 0 saturated heterocycles. The highest BCUT2D eigenvalue weighted by atomic mass is 35.5. The number of aromatic nitrogens is 1. The Morgan fingerprint density at radius 1 is 1.67 bits per heavy atom. The van der Waals surface area contributed by atoms with E-state index in [0.29, 0.717) is 10.7 Å². The van der Waals surface area contributed by atoms with Gasteiger partial charge in [0.1, 0.15) is 12.0 Å². The fourth-order valence-corrected chi connectivity index (χ4v) is 0.816. The zero-order valence-electron chi connectivity index (χ0n) is 6.25. The lowest BCUT2D eigenvalue weighted by atomic mass is 10.3. The van der Waals surface area contributed by atoms with E-state index in [-0.39, 0.29) is 6.42 Å². The summed E-state index contributed by atoms with van der Waals surface area (Å²) in [5.74, 6) is 5.35. The van der Waals surface area contributed by atoms with Gasteiger partial charge in [-0.25, -0.2) is 4.98 Å². The van der Waals surface area contributed by atoms with Crippen LogP contribution in [-0.2, 0) is 4.79 Å². The summed E-state index contributed by atoms with van der Waals surface area (Å²) in [6.07, 6.45) is 2.55. The van der Waals surface area contributed by atoms with Crippen molar-refractivity contribution in [2.24, 2.45) is 0 Å². The maximum absolute atomic E-state index is 9.91. The van der Waals surface area contributed by atoms with Gasteiger partial charge in [-0.05, 0) is 18.1 Å². The molecule has 0 N–H and O–H groups in total. The molecule has 0 saturated carbocycles. The molecule has 1 heterocycles. The number of halogens is 1. The summed E-state index contributed by atoms with van der Waals surface area (Å²) in [6.45, 7) is 0. The average Bonchev–Trinajstić information content (AvgIpc) is 2.05. The molecule has 12 heavy (non-hydrogen) atoms. The molecule has 1 aromatic heterocycles. The fraction of sp³-hybridized carbons (Fsp3) is 0.111. The van der Waals surface area contributed by atoms with Gasteiger partial charge in [-0.1, -0.05) is 17.5 Å². The lowest BCUT2D eigenvalue weighted by Crippen LogP contribution is -1.80. The summed E-state index contributed by atoms with van der Waals surface area (Å²) in [4.78, 5) is 13.9. The van der Waals surface area contributed by atoms with Crippen LogP contribution in [0.4, 0.5) is 0 Å². The fourth-order valence-electron chi connectivity index (χ4n) is 0.656. The number of carbonyl (C=O) groups is 1. The van der Waals surface area contributed by atoms with Gasteiger partial charge in [-0.15, -0.1) is 0 Å². The van der Waals surface area contributed by atoms with E-state index < -0.39 is 0 Å². The van der Waals surface area contributed by atoms with Crippen LogP contribution in [0, 0.1) is 11.8 Å². The molecule has 0 aromatic carbocycles. The lowest BCUT2D eigenvalue weighted by Gasteiger charge is -1.88. The summed E-state index contributed by atoms with van der Waals surface area (Å²) >= 11 is 5.68. The third kappa shape index (κ3) is 2.73. The maximum atomic E-state index is 9.91. The van der Waals surface area contributed by atoms with Crippen molar-refractivity contribution < 1.29 is 4.79 Å². The molecule has 1 rings (SSSR count). The van der Waals surface area contributed by atoms with Gasteiger partial charge < -0.3 is 4.79 Å². The largest absolute Gasteiger partial charge is 0.302 e. The molecule has 0 fully saturated rings. The van der Waals surface area contributed by atoms with Crippen LogP contribution in [0.1, 0.15) is 12.1 Å². The van der Waals surface area contributed by atoms with Crippen LogP contribution in [0.15, 0.2) is 18.3 Å². The molecule has 0 aliphatic heterocycles. The van der Waals surface area contributed by atoms with E-state index in [0.717, 1.165) is 6.29 Å². The van der Waals surface area contributed by atoms with Gasteiger partial charge in [0.15, 0.2) is 0 Å². The summed E-state index contributed by atoms with van der Waals surface area (Å²) in [7, 11) is 0. The first-order chi connectivity index (χ1) is 5.83. The summed E-state index contributed by atoms with van der Waals surface area (Å²) in [6, 6.07) is 3.33. The molecule has 0 amide bonds. The Labute approximate surface area is 75.6 Å². The highest BCUT2D eigenvalue weighted by Gasteiger charge is 1.88. The number of rotatable bonds is 1. The van der Waals surface area contributed by atoms with Crippen molar-refractivity contribution in [3.05, 3.63) is 29.0 Å². The summed E-state index contributed by atoms with van der Waals surface area (Å²) in [5, 5.41) is 0.598. The number of pyridine rings is 1. The van der Waals surface area contributed by atoms with Crippen LogP contribution >= 0.6 is 11.6 Å². The molecular weight excluding hydrogens is 174 g/mol. The Balaban J connectivity index is 2.77. The zero-order chi connectivity index (χ0) is 8.81. The standard InChI is InChI=1S/C9H6ClNO/c10-8-4-5-11-9(7-8)3-1-2-6-12/h4-7H,2H2. The summed E-state index contributed by atoms with van der Waals surface area (Å²) < 4.78 is 0. The van der Waals surface area contributed by atoms with Crippen LogP contribution in [0.5, 0.6) is 0 Å². The molecule has 1 aromatic rings. The van der Waals surface area contributed by atoms with Crippen molar-refractivity contribution in [1.29, 1.82) is 0 Å². The minimum atomic E-state index is 0.230. The number of hydrogen-bond acceptors (Lipinski definition) is 2. The second-order valence-corrected chi connectivity index (χ2v) is 2.47. The molecule has 0 aliphatic carbocycles. The first-order valence-electron chi connectivity index (χ1n) is 3.37. The van der Waals surface area contributed by atoms with Gasteiger partial charge in [0.25, 0.3) is 0 Å². The van der Waals surface area contributed by atoms with E-state index in [2.05, 4.69) is 16.8 Å². The predicted molar refractivity (Wildman–Crippen MR) is 46.8 cm³/mol. The first kappa shape index (κ1) is 8.76. The van der Waals surface area contributed by atoms with Crippen LogP contribution < -0.4 is 0 Å². The quantitative estimate of drug-likeness (QED) is 0.485. The SMILES string of the molecule is O=CCC#Cc1cc(Cl)ccn1. The van der Waals surface area contributed by atoms with Crippen LogP contribution in [-0.4, -0.2) is 11.3 Å². The molecule has 3 heteroatoms. The molecular formula is C9H6ClNO. The number of aldehydes is 1. The third-order valence-corrected chi connectivity index (χ3v) is 1.36. The molecule has 0 aliphatic rings. The Bertz CT molecular complexity index is 338. The van der Waals surface area contributed by atoms with Crippen molar-refractivity contribution in [3.63, 3.8) is 0 Å². The van der Waals surface area contributed by atoms with Gasteiger partial charge in [0.05, 0.1) is 6.42 Å². The van der Waals surface area contributed by atoms with E-state index in [1.165, 1.54) is 0 Å². The summed E-state index contributed by atoms with van der Waals surface area (Å²) in [5.41, 5.74) is 0.587. The number of hydrogen-bond donors (Lipinski definition) is 0. The second-order valence-electron chi connectivity index (χ2n) is 2.03. The molecule has 60 valence electrons. The van der Waals surface area contributed by atoms with E-state index >= 15 is 0 Å². The number of nitrogens with zero attached hydrogens (tertiary/aromatic N) is 1. The van der Waals surface area contributed by atoms with E-state index in [1.54, 1.807) is 18.3 Å². The van der Waals surface area contributed by atoms with Crippen molar-refractivity contribution in [2.75, 3.05) is 0 Å². The maximum Gasteiger partial charge on any atom is 0.131 e. The van der Waals surface area contributed by atoms with Crippen LogP contribution in [0.3, 0.4) is 0 Å². The Morgan fingerprint density at radius 3 is 3.17 bits per heavy atom. The highest BCUT2D eigenvalue weighted by molar-refractivity contribution is 6.30. The third-order valence-electron chi connectivity index (χ3n) is 1.12. The zero-order valence-corrected chi connectivity index (χ0v) is 7.01. The minimum Gasteiger partial charge on any atom is -0.302 e. The molecule has 0 bridgehead atoms. The van der Waals surface area contributed by atoms with E-state index in [1.807, 2.05) is 0 Å². The first-order valence-corrected chi connectivity index (χ1v) is 3.75. The van der Waals surface area contributed by atoms with Gasteiger partial charge in [-0.2, -0.15) is 0 Å². The van der Waals surface area contributed by atoms with Gasteiger partial charge in [0.2, 0.25) is 0 Å². The van der Waals surface area contributed by atoms with E-state index in [4.69, 9.17) is 11.6 Å². The minimum absolute atomic E-state index is 0.230. The van der Waals surface area contributed by atoms with Crippen molar-refractivity contribution in [1.82, 2.24) is 4.98 Å². The normalized spacial score (nSPS) is 8.42. The van der Waals surface area contributed by atoms with Crippen molar-refractivity contribution in [2.45, 2.75) is 6.42 Å². The molecule has 0 atom stereocenters. The monoisotopic (exact) mass is 179 g/mol. The Morgan fingerprint density at radius 2 is 2.50 bits per heavy atom. The smallest absolute Gasteiger partial charge is 0.131 e. The predicted octanol–water partition coefficient (Wildman–Crippen LogP) is 1.68. The molecule has 0 spiro atoms. The van der Waals surface area contributed by atoms with E-state index in [9.17, 15) is 4.79 Å². The van der Waals surface area contributed by atoms with Crippen LogP contribution in [0.25, 0.3) is 0 Å². The topological polar surface area (TPSA) is 30.0 Å². The average molecular weight is 180 g/mol. The van der Waals surface area contributed by atoms with Gasteiger partial charge in [0, 0.05) is 11.2 Å². The van der Waals surface area contributed by atoms with Gasteiger partial charge >= 0.3 is 0 Å². The second kappa shape index (κ2) is 4.53.